The van der Waals surface area contributed by atoms with Crippen LogP contribution < -0.4 is 5.32 Å². The van der Waals surface area contributed by atoms with Crippen molar-refractivity contribution in [3.05, 3.63) is 51.2 Å². The summed E-state index contributed by atoms with van der Waals surface area (Å²) in [6, 6.07) is 9.70. The molecule has 1 aromatic carbocycles. The van der Waals surface area contributed by atoms with E-state index in [-0.39, 0.29) is 0 Å². The van der Waals surface area contributed by atoms with Crippen LogP contribution in [-0.2, 0) is 29.7 Å². The van der Waals surface area contributed by atoms with Gasteiger partial charge in [-0.15, -0.1) is 11.3 Å². The molecule has 1 aromatic heterocycles. The summed E-state index contributed by atoms with van der Waals surface area (Å²) in [6.45, 7) is 3.51. The van der Waals surface area contributed by atoms with Gasteiger partial charge in [-0.25, -0.2) is 8.42 Å². The molecule has 1 N–H and O–H groups in total. The van der Waals surface area contributed by atoms with Crippen LogP contribution >= 0.6 is 11.3 Å². The smallest absolute Gasteiger partial charge is 0.244 e. The van der Waals surface area contributed by atoms with E-state index < -0.39 is 10.0 Å². The van der Waals surface area contributed by atoms with Crippen LogP contribution in [0.4, 0.5) is 0 Å². The van der Waals surface area contributed by atoms with Crippen molar-refractivity contribution in [2.75, 3.05) is 7.05 Å². The van der Waals surface area contributed by atoms with Crippen LogP contribution in [0.25, 0.3) is 0 Å². The Morgan fingerprint density at radius 3 is 2.43 bits per heavy atom. The van der Waals surface area contributed by atoms with Gasteiger partial charge in [0.15, 0.2) is 0 Å². The Labute approximate surface area is 129 Å². The minimum atomic E-state index is -3.42. The summed E-state index contributed by atoms with van der Waals surface area (Å²) < 4.78 is 27.3. The third-order valence-corrected chi connectivity index (χ3v) is 6.80. The highest BCUT2D eigenvalue weighted by atomic mass is 32.2. The summed E-state index contributed by atoms with van der Waals surface area (Å²) in [4.78, 5) is 2.35. The maximum atomic E-state index is 12.9. The molecule has 0 aliphatic carbocycles. The molecule has 0 unspecified atom stereocenters. The first kappa shape index (κ1) is 14.7. The molecule has 4 nitrogen and oxygen atoms in total. The van der Waals surface area contributed by atoms with Crippen molar-refractivity contribution in [2.45, 2.75) is 31.5 Å². The van der Waals surface area contributed by atoms with E-state index in [0.717, 1.165) is 20.9 Å². The van der Waals surface area contributed by atoms with Crippen LogP contribution in [0.3, 0.4) is 0 Å². The molecule has 0 bridgehead atoms. The Bertz CT molecular complexity index is 741. The maximum Gasteiger partial charge on any atom is 0.244 e. The average molecular weight is 322 g/mol. The predicted octanol–water partition coefficient (Wildman–Crippen LogP) is 2.48. The average Bonchev–Trinajstić information content (AvgIpc) is 3.03. The van der Waals surface area contributed by atoms with Crippen molar-refractivity contribution in [2.24, 2.45) is 0 Å². The van der Waals surface area contributed by atoms with Gasteiger partial charge >= 0.3 is 0 Å². The van der Waals surface area contributed by atoms with Gasteiger partial charge in [0.25, 0.3) is 0 Å². The SMILES string of the molecule is CNCc1cc(S(=O)(=O)N2Cc3ccccc3C2)c(C)s1. The van der Waals surface area contributed by atoms with Crippen LogP contribution in [0, 0.1) is 6.92 Å². The number of nitrogens with one attached hydrogen (secondary N) is 1. The number of fused-ring (bicyclic) bond motifs is 1. The highest BCUT2D eigenvalue weighted by Gasteiger charge is 2.32. The van der Waals surface area contributed by atoms with Crippen molar-refractivity contribution >= 4 is 21.4 Å². The number of aryl methyl sites for hydroxylation is 1. The number of thiophene rings is 1. The molecule has 6 heteroatoms. The highest BCUT2D eigenvalue weighted by molar-refractivity contribution is 7.89. The van der Waals surface area contributed by atoms with Gasteiger partial charge in [-0.2, -0.15) is 4.31 Å². The lowest BCUT2D eigenvalue weighted by molar-refractivity contribution is 0.431. The molecule has 2 heterocycles. The van der Waals surface area contributed by atoms with E-state index in [1.807, 2.05) is 38.2 Å². The third-order valence-electron chi connectivity index (χ3n) is 3.70. The van der Waals surface area contributed by atoms with Gasteiger partial charge in [0.05, 0.1) is 4.90 Å². The number of hydrogen-bond donors (Lipinski definition) is 1. The van der Waals surface area contributed by atoms with E-state index in [2.05, 4.69) is 5.32 Å². The Hall–Kier alpha value is -1.21. The van der Waals surface area contributed by atoms with Crippen LogP contribution in [0.15, 0.2) is 35.2 Å². The largest absolute Gasteiger partial charge is 0.315 e. The molecule has 21 heavy (non-hydrogen) atoms. The number of rotatable bonds is 4. The monoisotopic (exact) mass is 322 g/mol. The van der Waals surface area contributed by atoms with Crippen molar-refractivity contribution in [1.29, 1.82) is 0 Å². The lowest BCUT2D eigenvalue weighted by Crippen LogP contribution is -2.25. The van der Waals surface area contributed by atoms with Gasteiger partial charge in [0.1, 0.15) is 0 Å². The van der Waals surface area contributed by atoms with Crippen LogP contribution in [0.5, 0.6) is 0 Å². The van der Waals surface area contributed by atoms with E-state index in [4.69, 9.17) is 0 Å². The molecule has 0 amide bonds. The molecule has 0 atom stereocenters. The lowest BCUT2D eigenvalue weighted by Gasteiger charge is -2.15. The van der Waals surface area contributed by atoms with Gasteiger partial charge < -0.3 is 5.32 Å². The van der Waals surface area contributed by atoms with Crippen molar-refractivity contribution in [3.63, 3.8) is 0 Å². The maximum absolute atomic E-state index is 12.9. The van der Waals surface area contributed by atoms with E-state index in [9.17, 15) is 8.42 Å². The van der Waals surface area contributed by atoms with Crippen LogP contribution in [0.1, 0.15) is 20.9 Å². The minimum Gasteiger partial charge on any atom is -0.315 e. The minimum absolute atomic E-state index is 0.450. The first-order valence-corrected chi connectivity index (χ1v) is 9.09. The van der Waals surface area contributed by atoms with Gasteiger partial charge in [0, 0.05) is 29.4 Å². The van der Waals surface area contributed by atoms with Gasteiger partial charge in [0.2, 0.25) is 10.0 Å². The Balaban J connectivity index is 1.92. The van der Waals surface area contributed by atoms with Gasteiger partial charge in [-0.05, 0) is 31.2 Å². The fourth-order valence-electron chi connectivity index (χ4n) is 2.65. The molecule has 1 aliphatic rings. The van der Waals surface area contributed by atoms with E-state index >= 15 is 0 Å². The standard InChI is InChI=1S/C15H18N2O2S2/c1-11-15(7-14(20-11)8-16-2)21(18,19)17-9-12-5-3-4-6-13(12)10-17/h3-7,16H,8-10H2,1-2H3. The Morgan fingerprint density at radius 1 is 1.24 bits per heavy atom. The Kier molecular flexibility index (Phi) is 3.88. The summed E-state index contributed by atoms with van der Waals surface area (Å²) in [5.41, 5.74) is 2.20. The second-order valence-electron chi connectivity index (χ2n) is 5.21. The van der Waals surface area contributed by atoms with Crippen molar-refractivity contribution in [1.82, 2.24) is 9.62 Å². The van der Waals surface area contributed by atoms with Crippen LogP contribution in [-0.4, -0.2) is 19.8 Å². The molecule has 1 aliphatic heterocycles. The zero-order valence-electron chi connectivity index (χ0n) is 12.1. The van der Waals surface area contributed by atoms with Crippen LogP contribution in [0.2, 0.25) is 0 Å². The zero-order valence-corrected chi connectivity index (χ0v) is 13.7. The zero-order chi connectivity index (χ0) is 15.0. The molecule has 0 radical (unpaired) electrons. The van der Waals surface area contributed by atoms with E-state index in [1.165, 1.54) is 0 Å². The number of sulfonamides is 1. The molecular formula is C15H18N2O2S2. The van der Waals surface area contributed by atoms with E-state index in [0.29, 0.717) is 24.5 Å². The van der Waals surface area contributed by atoms with Gasteiger partial charge in [-0.1, -0.05) is 24.3 Å². The molecular weight excluding hydrogens is 304 g/mol. The summed E-state index contributed by atoms with van der Waals surface area (Å²) in [7, 11) is -1.56. The first-order chi connectivity index (χ1) is 10.0. The molecule has 0 saturated heterocycles. The number of hydrogen-bond acceptors (Lipinski definition) is 4. The first-order valence-electron chi connectivity index (χ1n) is 6.83. The summed E-state index contributed by atoms with van der Waals surface area (Å²) in [5, 5.41) is 3.06. The molecule has 2 aromatic rings. The second-order valence-corrected chi connectivity index (χ2v) is 8.45. The quantitative estimate of drug-likeness (QED) is 0.941. The summed E-state index contributed by atoms with van der Waals surface area (Å²) in [5.74, 6) is 0. The fourth-order valence-corrected chi connectivity index (χ4v) is 5.66. The Morgan fingerprint density at radius 2 is 1.86 bits per heavy atom. The predicted molar refractivity (Wildman–Crippen MR) is 84.7 cm³/mol. The third kappa shape index (κ3) is 2.64. The molecule has 0 spiro atoms. The van der Waals surface area contributed by atoms with Gasteiger partial charge in [-0.3, -0.25) is 0 Å². The normalized spacial score (nSPS) is 15.3. The summed E-state index contributed by atoms with van der Waals surface area (Å²) >= 11 is 1.54. The van der Waals surface area contributed by atoms with Crippen molar-refractivity contribution in [3.8, 4) is 0 Å². The molecule has 112 valence electrons. The molecule has 0 saturated carbocycles. The number of nitrogens with zero attached hydrogens (tertiary/aromatic N) is 1. The fraction of sp³-hybridized carbons (Fsp3) is 0.333. The molecule has 3 rings (SSSR count). The topological polar surface area (TPSA) is 49.4 Å². The molecule has 0 fully saturated rings. The number of benzene rings is 1. The summed E-state index contributed by atoms with van der Waals surface area (Å²) in [6.07, 6.45) is 0. The highest BCUT2D eigenvalue weighted by Crippen LogP contribution is 2.33. The van der Waals surface area contributed by atoms with E-state index in [1.54, 1.807) is 21.7 Å². The lowest BCUT2D eigenvalue weighted by atomic mass is 10.1. The second kappa shape index (κ2) is 5.53. The van der Waals surface area contributed by atoms with Crippen molar-refractivity contribution < 1.29 is 8.42 Å².